The Labute approximate surface area is 180 Å². The van der Waals surface area contributed by atoms with Crippen LogP contribution in [0.4, 0.5) is 15.8 Å². The van der Waals surface area contributed by atoms with Crippen LogP contribution in [-0.2, 0) is 4.79 Å². The molecule has 1 aliphatic heterocycles. The van der Waals surface area contributed by atoms with E-state index >= 15 is 0 Å². The van der Waals surface area contributed by atoms with E-state index in [1.807, 2.05) is 18.7 Å². The highest BCUT2D eigenvalue weighted by Gasteiger charge is 2.23. The average Bonchev–Trinajstić information content (AvgIpc) is 2.75. The topological polar surface area (TPSA) is 72.3 Å². The summed E-state index contributed by atoms with van der Waals surface area (Å²) in [5, 5.41) is 13.3. The lowest BCUT2D eigenvalue weighted by molar-refractivity contribution is -0.117. The fraction of sp³-hybridized carbons (Fsp3) is 0.292. The van der Waals surface area contributed by atoms with E-state index in [2.05, 4.69) is 33.4 Å². The van der Waals surface area contributed by atoms with Crippen LogP contribution in [0.5, 0.6) is 0 Å². The predicted octanol–water partition coefficient (Wildman–Crippen LogP) is 3.62. The zero-order valence-corrected chi connectivity index (χ0v) is 17.7. The Balaban J connectivity index is 1.48. The lowest BCUT2D eigenvalue weighted by Crippen LogP contribution is -2.49. The minimum atomic E-state index is -0.445. The molecule has 0 aliphatic carbocycles. The van der Waals surface area contributed by atoms with Crippen LogP contribution < -0.4 is 10.2 Å². The molecule has 0 unspecified atom stereocenters. The number of anilines is 2. The normalized spacial score (nSPS) is 14.5. The highest BCUT2D eigenvalue weighted by molar-refractivity contribution is 5.96. The third-order valence-electron chi connectivity index (χ3n) is 5.60. The van der Waals surface area contributed by atoms with Gasteiger partial charge in [-0.3, -0.25) is 14.7 Å². The summed E-state index contributed by atoms with van der Waals surface area (Å²) in [6.07, 6.45) is 1.65. The predicted molar refractivity (Wildman–Crippen MR) is 120 cm³/mol. The number of carbonyl (C=O) groups excluding carboxylic acids is 1. The Kier molecular flexibility index (Phi) is 5.83. The summed E-state index contributed by atoms with van der Waals surface area (Å²) < 4.78 is 13.8. The molecule has 0 bridgehead atoms. The number of pyridine rings is 1. The van der Waals surface area contributed by atoms with Crippen molar-refractivity contribution >= 4 is 28.2 Å². The Morgan fingerprint density at radius 1 is 1.19 bits per heavy atom. The molecule has 1 aromatic heterocycles. The van der Waals surface area contributed by atoms with Crippen molar-refractivity contribution in [1.29, 1.82) is 5.26 Å². The first-order valence-electron chi connectivity index (χ1n) is 10.3. The monoisotopic (exact) mass is 417 g/mol. The largest absolute Gasteiger partial charge is 0.367 e. The first kappa shape index (κ1) is 20.8. The SMILES string of the molecule is Cc1cc(C)c2ncc(C#N)c(N3CCN(CC(=O)Nc4ccccc4F)CC3)c2c1. The lowest BCUT2D eigenvalue weighted by atomic mass is 10.0. The van der Waals surface area contributed by atoms with E-state index in [9.17, 15) is 14.4 Å². The van der Waals surface area contributed by atoms with Gasteiger partial charge in [-0.2, -0.15) is 5.26 Å². The summed E-state index contributed by atoms with van der Waals surface area (Å²) in [5.41, 5.74) is 4.79. The van der Waals surface area contributed by atoms with Gasteiger partial charge in [0.1, 0.15) is 11.9 Å². The van der Waals surface area contributed by atoms with Crippen molar-refractivity contribution in [2.75, 3.05) is 42.9 Å². The number of nitrogens with zero attached hydrogens (tertiary/aromatic N) is 4. The second-order valence-corrected chi connectivity index (χ2v) is 7.90. The van der Waals surface area contributed by atoms with Crippen LogP contribution in [0.3, 0.4) is 0 Å². The molecule has 6 nitrogen and oxygen atoms in total. The van der Waals surface area contributed by atoms with E-state index in [0.29, 0.717) is 31.7 Å². The van der Waals surface area contributed by atoms with E-state index in [1.54, 1.807) is 24.4 Å². The number of nitriles is 1. The lowest BCUT2D eigenvalue weighted by Gasteiger charge is -2.36. The molecule has 0 saturated carbocycles. The van der Waals surface area contributed by atoms with Gasteiger partial charge in [-0.25, -0.2) is 4.39 Å². The molecule has 4 rings (SSSR count). The summed E-state index contributed by atoms with van der Waals surface area (Å²) in [6, 6.07) is 12.6. The fourth-order valence-electron chi connectivity index (χ4n) is 4.15. The van der Waals surface area contributed by atoms with E-state index in [0.717, 1.165) is 27.7 Å². The van der Waals surface area contributed by atoms with Crippen LogP contribution in [0.1, 0.15) is 16.7 Å². The molecule has 1 saturated heterocycles. The second-order valence-electron chi connectivity index (χ2n) is 7.90. The second kappa shape index (κ2) is 8.70. The summed E-state index contributed by atoms with van der Waals surface area (Å²) in [7, 11) is 0. The molecule has 0 radical (unpaired) electrons. The van der Waals surface area contributed by atoms with E-state index in [1.165, 1.54) is 6.07 Å². The molecule has 1 aliphatic rings. The van der Waals surface area contributed by atoms with Gasteiger partial charge in [-0.15, -0.1) is 0 Å². The van der Waals surface area contributed by atoms with Crippen molar-refractivity contribution in [1.82, 2.24) is 9.88 Å². The summed E-state index contributed by atoms with van der Waals surface area (Å²) >= 11 is 0. The van der Waals surface area contributed by atoms with Crippen LogP contribution in [0.15, 0.2) is 42.6 Å². The number of hydrogen-bond acceptors (Lipinski definition) is 5. The molecule has 1 N–H and O–H groups in total. The molecule has 0 atom stereocenters. The average molecular weight is 417 g/mol. The summed E-state index contributed by atoms with van der Waals surface area (Å²) in [5.74, 6) is -0.684. The van der Waals surface area contributed by atoms with Crippen LogP contribution in [0, 0.1) is 31.0 Å². The standard InChI is InChI=1S/C24H24FN5O/c1-16-11-17(2)23-19(12-16)24(18(13-26)14-27-23)30-9-7-29(8-10-30)15-22(31)28-21-6-4-3-5-20(21)25/h3-6,11-12,14H,7-10,15H2,1-2H3,(H,28,31). The number of halogens is 1. The number of fused-ring (bicyclic) bond motifs is 1. The van der Waals surface area contributed by atoms with Crippen molar-refractivity contribution in [2.24, 2.45) is 0 Å². The van der Waals surface area contributed by atoms with Crippen LogP contribution >= 0.6 is 0 Å². The molecular weight excluding hydrogens is 393 g/mol. The third-order valence-corrected chi connectivity index (χ3v) is 5.60. The number of carbonyl (C=O) groups is 1. The Bertz CT molecular complexity index is 1180. The minimum absolute atomic E-state index is 0.193. The van der Waals surface area contributed by atoms with Crippen LogP contribution in [0.25, 0.3) is 10.9 Å². The number of hydrogen-bond donors (Lipinski definition) is 1. The van der Waals surface area contributed by atoms with E-state index in [4.69, 9.17) is 0 Å². The van der Waals surface area contributed by atoms with Crippen molar-refractivity contribution < 1.29 is 9.18 Å². The fourth-order valence-corrected chi connectivity index (χ4v) is 4.15. The molecule has 0 spiro atoms. The summed E-state index contributed by atoms with van der Waals surface area (Å²) in [4.78, 5) is 21.1. The van der Waals surface area contributed by atoms with Gasteiger partial charge in [0.2, 0.25) is 5.91 Å². The van der Waals surface area contributed by atoms with Gasteiger partial charge < -0.3 is 10.2 Å². The van der Waals surface area contributed by atoms with Gasteiger partial charge in [0, 0.05) is 37.8 Å². The van der Waals surface area contributed by atoms with Gasteiger partial charge in [0.15, 0.2) is 0 Å². The van der Waals surface area contributed by atoms with E-state index < -0.39 is 5.82 Å². The number of nitrogens with one attached hydrogen (secondary N) is 1. The van der Waals surface area contributed by atoms with E-state index in [-0.39, 0.29) is 18.1 Å². The van der Waals surface area contributed by atoms with Gasteiger partial charge in [0.05, 0.1) is 29.0 Å². The molecule has 158 valence electrons. The maximum atomic E-state index is 13.8. The maximum absolute atomic E-state index is 13.8. The van der Waals surface area contributed by atoms with Crippen LogP contribution in [-0.4, -0.2) is 48.5 Å². The number of rotatable bonds is 4. The zero-order chi connectivity index (χ0) is 22.0. The number of para-hydroxylation sites is 1. The van der Waals surface area contributed by atoms with Gasteiger partial charge in [0.25, 0.3) is 0 Å². The van der Waals surface area contributed by atoms with Crippen molar-refractivity contribution in [2.45, 2.75) is 13.8 Å². The minimum Gasteiger partial charge on any atom is -0.367 e. The summed E-state index contributed by atoms with van der Waals surface area (Å²) in [6.45, 7) is 6.99. The Morgan fingerprint density at radius 3 is 2.65 bits per heavy atom. The van der Waals surface area contributed by atoms with Crippen molar-refractivity contribution in [3.05, 3.63) is 65.1 Å². The molecule has 2 aromatic carbocycles. The molecule has 2 heterocycles. The van der Waals surface area contributed by atoms with Crippen molar-refractivity contribution in [3.8, 4) is 6.07 Å². The molecular formula is C24H24FN5O. The molecule has 7 heteroatoms. The number of aromatic nitrogens is 1. The first-order chi connectivity index (χ1) is 15.0. The smallest absolute Gasteiger partial charge is 0.238 e. The molecule has 1 amide bonds. The number of piperazine rings is 1. The Morgan fingerprint density at radius 2 is 1.94 bits per heavy atom. The van der Waals surface area contributed by atoms with Gasteiger partial charge in [-0.05, 0) is 37.6 Å². The van der Waals surface area contributed by atoms with Crippen LogP contribution in [0.2, 0.25) is 0 Å². The number of benzene rings is 2. The highest BCUT2D eigenvalue weighted by atomic mass is 19.1. The molecule has 31 heavy (non-hydrogen) atoms. The molecule has 3 aromatic rings. The first-order valence-corrected chi connectivity index (χ1v) is 10.3. The molecule has 1 fully saturated rings. The zero-order valence-electron chi connectivity index (χ0n) is 17.7. The number of amides is 1. The van der Waals surface area contributed by atoms with Crippen molar-refractivity contribution in [3.63, 3.8) is 0 Å². The maximum Gasteiger partial charge on any atom is 0.238 e. The highest BCUT2D eigenvalue weighted by Crippen LogP contribution is 2.32. The van der Waals surface area contributed by atoms with Gasteiger partial charge in [-0.1, -0.05) is 23.8 Å². The quantitative estimate of drug-likeness (QED) is 0.702. The third kappa shape index (κ3) is 4.35. The Hall–Kier alpha value is -3.50. The van der Waals surface area contributed by atoms with Gasteiger partial charge >= 0.3 is 0 Å². The number of aryl methyl sites for hydroxylation is 2.